The molecule has 3 aromatic carbocycles. The molecule has 0 bridgehead atoms. The first-order chi connectivity index (χ1) is 25.8. The van der Waals surface area contributed by atoms with Gasteiger partial charge >= 0.3 is 24.2 Å². The molecule has 288 valence electrons. The zero-order valence-electron chi connectivity index (χ0n) is 30.0. The molecule has 0 aliphatic carbocycles. The minimum atomic E-state index is -1.43. The third-order valence-electron chi connectivity index (χ3n) is 7.47. The summed E-state index contributed by atoms with van der Waals surface area (Å²) in [7, 11) is 0. The molecule has 0 aromatic heterocycles. The highest BCUT2D eigenvalue weighted by atomic mass is 16.7. The third-order valence-corrected chi connectivity index (χ3v) is 7.47. The van der Waals surface area contributed by atoms with Gasteiger partial charge in [-0.3, -0.25) is 0 Å². The maximum absolute atomic E-state index is 12.0. The van der Waals surface area contributed by atoms with Crippen LogP contribution in [0.1, 0.15) is 62.9 Å². The molecule has 14 heteroatoms. The molecule has 3 aromatic rings. The second-order valence-electron chi connectivity index (χ2n) is 11.9. The highest BCUT2D eigenvalue weighted by Gasteiger charge is 2.17. The largest absolute Gasteiger partial charge is 0.513 e. The fourth-order valence-electron chi connectivity index (χ4n) is 4.43. The summed E-state index contributed by atoms with van der Waals surface area (Å²) >= 11 is 0. The molecule has 0 saturated carbocycles. The minimum Gasteiger partial charge on any atom is -0.509 e. The second-order valence-corrected chi connectivity index (χ2v) is 11.9. The monoisotopic (exact) mass is 748 g/mol. The second kappa shape index (κ2) is 21.4. The van der Waals surface area contributed by atoms with E-state index in [1.165, 1.54) is 72.8 Å². The number of unbranched alkanes of at least 4 members (excludes halogenated alkanes) is 2. The smallest absolute Gasteiger partial charge is 0.509 e. The van der Waals surface area contributed by atoms with Gasteiger partial charge in [-0.1, -0.05) is 61.7 Å². The van der Waals surface area contributed by atoms with E-state index in [9.17, 15) is 39.6 Å². The van der Waals surface area contributed by atoms with E-state index in [-0.39, 0.29) is 59.9 Å². The van der Waals surface area contributed by atoms with Crippen LogP contribution in [-0.4, -0.2) is 71.1 Å². The average molecular weight is 749 g/mol. The first kappa shape index (κ1) is 42.3. The van der Waals surface area contributed by atoms with Crippen LogP contribution in [0, 0.1) is 0 Å². The summed E-state index contributed by atoms with van der Waals surface area (Å²) in [5, 5.41) is 43.5. The van der Waals surface area contributed by atoms with Crippen molar-refractivity contribution >= 4 is 35.8 Å². The molecule has 54 heavy (non-hydrogen) atoms. The summed E-state index contributed by atoms with van der Waals surface area (Å²) in [6, 6.07) is 17.3. The number of hydrogen-bond donors (Lipinski definition) is 4. The quantitative estimate of drug-likeness (QED) is 0.0428. The van der Waals surface area contributed by atoms with E-state index in [2.05, 4.69) is 13.2 Å². The summed E-state index contributed by atoms with van der Waals surface area (Å²) in [5.41, 5.74) is 1.19. The van der Waals surface area contributed by atoms with Crippen LogP contribution in [0.4, 0.5) is 9.59 Å². The van der Waals surface area contributed by atoms with Crippen LogP contribution in [0.3, 0.4) is 0 Å². The minimum absolute atomic E-state index is 0.0566. The van der Waals surface area contributed by atoms with E-state index in [0.717, 1.165) is 0 Å². The average Bonchev–Trinajstić information content (AvgIpc) is 3.16. The van der Waals surface area contributed by atoms with Crippen molar-refractivity contribution in [1.82, 2.24) is 0 Å². The van der Waals surface area contributed by atoms with Crippen LogP contribution in [0.15, 0.2) is 97.1 Å². The normalized spacial score (nSPS) is 11.6. The SMILES string of the molecule is C=C(C)C(=O)OCCCCOC(=O)Oc1ccc(C(O)C(O)=c2ccc(=C(O)C(O)c3ccc(OC(=O)OCCCCOC(=O)C(=C)C)cc3)cc2)cc1. The first-order valence-electron chi connectivity index (χ1n) is 16.9. The number of carbonyl (C=O) groups is 4. The third kappa shape index (κ3) is 13.8. The van der Waals surface area contributed by atoms with Gasteiger partial charge in [-0.2, -0.15) is 0 Å². The Morgan fingerprint density at radius 3 is 1.11 bits per heavy atom. The number of esters is 2. The Balaban J connectivity index is 1.50. The number of aliphatic hydroxyl groups excluding tert-OH is 4. The Bertz CT molecular complexity index is 1740. The van der Waals surface area contributed by atoms with Gasteiger partial charge in [0.25, 0.3) is 0 Å². The van der Waals surface area contributed by atoms with E-state index in [1.807, 2.05) is 0 Å². The molecule has 0 fully saturated rings. The van der Waals surface area contributed by atoms with E-state index in [4.69, 9.17) is 28.4 Å². The lowest BCUT2D eigenvalue weighted by Gasteiger charge is -2.12. The molecule has 0 aliphatic rings. The van der Waals surface area contributed by atoms with E-state index in [0.29, 0.717) is 48.0 Å². The number of aliphatic hydroxyl groups is 4. The Labute approximate surface area is 311 Å². The lowest BCUT2D eigenvalue weighted by Crippen LogP contribution is -2.18. The summed E-state index contributed by atoms with van der Waals surface area (Å²) < 4.78 is 30.2. The molecule has 4 N–H and O–H groups in total. The molecule has 0 saturated heterocycles. The number of hydrogen-bond acceptors (Lipinski definition) is 14. The van der Waals surface area contributed by atoms with Crippen LogP contribution in [0.2, 0.25) is 0 Å². The van der Waals surface area contributed by atoms with Gasteiger partial charge in [-0.15, -0.1) is 0 Å². The Hall–Kier alpha value is -6.12. The Morgan fingerprint density at radius 2 is 0.815 bits per heavy atom. The first-order valence-corrected chi connectivity index (χ1v) is 16.9. The summed E-state index contributed by atoms with van der Waals surface area (Å²) in [4.78, 5) is 46.6. The maximum Gasteiger partial charge on any atom is 0.513 e. The number of carbonyl (C=O) groups excluding carboxylic acids is 4. The number of rotatable bonds is 18. The predicted octanol–water partition coefficient (Wildman–Crippen LogP) is 5.32. The lowest BCUT2D eigenvalue weighted by molar-refractivity contribution is -0.140. The van der Waals surface area contributed by atoms with Gasteiger partial charge in [0.2, 0.25) is 0 Å². The van der Waals surface area contributed by atoms with Gasteiger partial charge in [-0.05, 0) is 74.9 Å². The van der Waals surface area contributed by atoms with Crippen molar-refractivity contribution in [3.8, 4) is 11.5 Å². The van der Waals surface area contributed by atoms with Crippen LogP contribution < -0.4 is 19.9 Å². The number of benzene rings is 3. The molecular formula is C40H44O14. The predicted molar refractivity (Wildman–Crippen MR) is 195 cm³/mol. The van der Waals surface area contributed by atoms with Crippen molar-refractivity contribution in [2.75, 3.05) is 26.4 Å². The van der Waals surface area contributed by atoms with Crippen LogP contribution in [0.25, 0.3) is 11.5 Å². The van der Waals surface area contributed by atoms with Crippen molar-refractivity contribution in [1.29, 1.82) is 0 Å². The van der Waals surface area contributed by atoms with Gasteiger partial charge in [0.1, 0.15) is 35.2 Å². The maximum atomic E-state index is 12.0. The molecule has 0 radical (unpaired) electrons. The fourth-order valence-corrected chi connectivity index (χ4v) is 4.43. The van der Waals surface area contributed by atoms with E-state index in [1.54, 1.807) is 13.8 Å². The highest BCUT2D eigenvalue weighted by Crippen LogP contribution is 2.24. The van der Waals surface area contributed by atoms with E-state index >= 15 is 0 Å². The standard InChI is InChI=1S/C40H44O14/c1-25(2)37(45)49-21-5-7-23-51-39(47)53-31-17-13-29(14-18-31)35(43)33(41)27-9-11-28(12-10-27)34(42)36(44)30-15-19-32(20-16-30)54-40(48)52-24-8-6-22-50-38(46)26(3)4/h9-20,35-36,41-44H,1,3,5-8,21-24H2,2,4H3. The molecule has 14 nitrogen and oxygen atoms in total. The molecule has 0 amide bonds. The van der Waals surface area contributed by atoms with Crippen molar-refractivity contribution in [3.63, 3.8) is 0 Å². The summed E-state index contributed by atoms with van der Waals surface area (Å²) in [6.07, 6.45) is -2.87. The van der Waals surface area contributed by atoms with Crippen LogP contribution in [-0.2, 0) is 28.5 Å². The van der Waals surface area contributed by atoms with Gasteiger partial charge in [0, 0.05) is 21.6 Å². The highest BCUT2D eigenvalue weighted by molar-refractivity contribution is 5.87. The molecule has 0 spiro atoms. The fraction of sp³-hybridized carbons (Fsp3) is 0.300. The zero-order valence-corrected chi connectivity index (χ0v) is 30.0. The van der Waals surface area contributed by atoms with Crippen LogP contribution in [0.5, 0.6) is 11.5 Å². The lowest BCUT2D eigenvalue weighted by atomic mass is 10.0. The van der Waals surface area contributed by atoms with Crippen molar-refractivity contribution in [2.45, 2.75) is 51.7 Å². The van der Waals surface area contributed by atoms with Crippen molar-refractivity contribution < 1.29 is 68.0 Å². The Kier molecular flexibility index (Phi) is 16.8. The Morgan fingerprint density at radius 1 is 0.519 bits per heavy atom. The molecular weight excluding hydrogens is 704 g/mol. The van der Waals surface area contributed by atoms with Gasteiger partial charge in [-0.25, -0.2) is 19.2 Å². The van der Waals surface area contributed by atoms with Gasteiger partial charge < -0.3 is 48.8 Å². The topological polar surface area (TPSA) is 205 Å². The zero-order chi connectivity index (χ0) is 39.6. The molecule has 3 rings (SSSR count). The van der Waals surface area contributed by atoms with Crippen LogP contribution >= 0.6 is 0 Å². The van der Waals surface area contributed by atoms with Crippen molar-refractivity contribution in [2.24, 2.45) is 0 Å². The van der Waals surface area contributed by atoms with Gasteiger partial charge in [0.05, 0.1) is 26.4 Å². The molecule has 0 heterocycles. The van der Waals surface area contributed by atoms with Crippen molar-refractivity contribution in [3.05, 3.63) is 119 Å². The van der Waals surface area contributed by atoms with Gasteiger partial charge in [0.15, 0.2) is 0 Å². The molecule has 2 unspecified atom stereocenters. The molecule has 0 aliphatic heterocycles. The summed E-state index contributed by atoms with van der Waals surface area (Å²) in [5.74, 6) is -1.45. The summed E-state index contributed by atoms with van der Waals surface area (Å²) in [6.45, 7) is 10.5. The van der Waals surface area contributed by atoms with E-state index < -0.39 is 36.5 Å². The number of ether oxygens (including phenoxy) is 6. The molecule has 2 atom stereocenters.